The molecular formula is C44H55N9O6. The minimum absolute atomic E-state index is 0.188. The fourth-order valence-corrected chi connectivity index (χ4v) is 9.51. The van der Waals surface area contributed by atoms with Crippen molar-refractivity contribution in [2.45, 2.75) is 89.5 Å². The predicted molar refractivity (Wildman–Crippen MR) is 223 cm³/mol. The van der Waals surface area contributed by atoms with Gasteiger partial charge in [0.25, 0.3) is 5.91 Å². The molecule has 2 aromatic carbocycles. The van der Waals surface area contributed by atoms with E-state index in [9.17, 15) is 14.4 Å². The van der Waals surface area contributed by atoms with Gasteiger partial charge in [-0.25, -0.2) is 9.97 Å². The highest BCUT2D eigenvalue weighted by Crippen LogP contribution is 2.41. The fraction of sp³-hybridized carbons (Fsp3) is 0.545. The molecule has 0 bridgehead atoms. The molecule has 0 radical (unpaired) electrons. The van der Waals surface area contributed by atoms with E-state index < -0.39 is 11.9 Å². The number of unbranched alkanes of at least 4 members (excludes halogenated alkanes) is 2. The lowest BCUT2D eigenvalue weighted by Gasteiger charge is -2.43. The number of carbonyl (C=O) groups excluding carboxylic acids is 3. The summed E-state index contributed by atoms with van der Waals surface area (Å²) in [5, 5.41) is 11.1. The maximum Gasteiger partial charge on any atom is 0.255 e. The summed E-state index contributed by atoms with van der Waals surface area (Å²) in [6, 6.07) is 11.3. The van der Waals surface area contributed by atoms with Crippen LogP contribution in [0.2, 0.25) is 0 Å². The van der Waals surface area contributed by atoms with Crippen molar-refractivity contribution in [3.8, 4) is 22.9 Å². The highest BCUT2D eigenvalue weighted by atomic mass is 16.5. The van der Waals surface area contributed by atoms with Gasteiger partial charge in [-0.05, 0) is 74.8 Å². The normalized spacial score (nSPS) is 22.8. The smallest absolute Gasteiger partial charge is 0.255 e. The number of hydrogen-bond acceptors (Lipinski definition) is 12. The first-order valence-corrected chi connectivity index (χ1v) is 21.5. The fourth-order valence-electron chi connectivity index (χ4n) is 9.51. The molecule has 0 spiro atoms. The van der Waals surface area contributed by atoms with Crippen LogP contribution in [-0.4, -0.2) is 125 Å². The van der Waals surface area contributed by atoms with Crippen molar-refractivity contribution >= 4 is 40.1 Å². The lowest BCUT2D eigenvalue weighted by Crippen LogP contribution is -2.52. The molecule has 3 amide bonds. The summed E-state index contributed by atoms with van der Waals surface area (Å²) >= 11 is 0. The molecule has 1 aliphatic carbocycles. The van der Waals surface area contributed by atoms with Gasteiger partial charge in [-0.3, -0.25) is 29.7 Å². The van der Waals surface area contributed by atoms with Crippen LogP contribution in [0, 0.1) is 5.92 Å². The lowest BCUT2D eigenvalue weighted by atomic mass is 9.81. The number of nitrogens with one attached hydrogen (secondary N) is 2. The monoisotopic (exact) mass is 805 g/mol. The molecule has 4 aromatic rings. The largest absolute Gasteiger partial charge is 0.494 e. The van der Waals surface area contributed by atoms with Crippen molar-refractivity contribution < 1.29 is 28.6 Å². The van der Waals surface area contributed by atoms with Crippen LogP contribution in [0.25, 0.3) is 22.3 Å². The molecule has 3 saturated heterocycles. The minimum atomic E-state index is -0.649. The number of anilines is 2. The van der Waals surface area contributed by atoms with Gasteiger partial charge in [-0.1, -0.05) is 19.8 Å². The molecule has 312 valence electrons. The molecule has 6 heterocycles. The molecule has 1 unspecified atom stereocenters. The Kier molecular flexibility index (Phi) is 11.4. The van der Waals surface area contributed by atoms with Crippen LogP contribution in [0.5, 0.6) is 11.5 Å². The Balaban J connectivity index is 0.718. The number of rotatable bonds is 14. The average Bonchev–Trinajstić information content (AvgIpc) is 3.82. The van der Waals surface area contributed by atoms with Crippen molar-refractivity contribution in [1.29, 1.82) is 0 Å². The summed E-state index contributed by atoms with van der Waals surface area (Å²) in [5.41, 5.74) is 4.92. The molecule has 15 heteroatoms. The summed E-state index contributed by atoms with van der Waals surface area (Å²) in [7, 11) is 1.64. The molecule has 1 atom stereocenters. The Bertz CT molecular complexity index is 2170. The van der Waals surface area contributed by atoms with E-state index in [2.05, 4.69) is 53.2 Å². The standard InChI is InChI=1S/C44H55N9O6/c1-3-4-5-20-58-30-6-8-35-33(23-30)41(49-48-35)36-24-39(46-27-45-36)52-14-12-29(13-15-52)59-31-21-28(22-31)25-50-16-18-51(19-17-50)37-9-7-32-34(42(37)57-2)26-53(44(32)56)38-10-11-40(54)47-43(38)55/h6-9,23-24,27-29,31,38H,3-5,10-22,25-26H2,1-2H3,(H,48,49)(H,47,54,55). The van der Waals surface area contributed by atoms with Gasteiger partial charge in [0.15, 0.2) is 0 Å². The lowest BCUT2D eigenvalue weighted by molar-refractivity contribution is -0.136. The summed E-state index contributed by atoms with van der Waals surface area (Å²) in [6.07, 6.45) is 10.3. The predicted octanol–water partition coefficient (Wildman–Crippen LogP) is 4.94. The van der Waals surface area contributed by atoms with Crippen molar-refractivity contribution in [2.24, 2.45) is 5.92 Å². The van der Waals surface area contributed by atoms with E-state index in [4.69, 9.17) is 14.2 Å². The molecule has 1 saturated carbocycles. The Morgan fingerprint density at radius 2 is 1.71 bits per heavy atom. The SMILES string of the molecule is CCCCCOc1ccc2[nH]nc(-c3cc(N4CCC(OC5CC(CN6CCN(c7ccc8c(c7OC)CN(C7CCC(=O)NC7=O)C8=O)CC6)C5)CC4)ncn3)c2c1. The van der Waals surface area contributed by atoms with Gasteiger partial charge in [-0.2, -0.15) is 5.10 Å². The van der Waals surface area contributed by atoms with Crippen LogP contribution in [0.1, 0.15) is 80.6 Å². The zero-order valence-electron chi connectivity index (χ0n) is 34.2. The van der Waals surface area contributed by atoms with Crippen molar-refractivity contribution in [3.63, 3.8) is 0 Å². The van der Waals surface area contributed by atoms with Crippen molar-refractivity contribution in [2.75, 3.05) is 69.3 Å². The van der Waals surface area contributed by atoms with Gasteiger partial charge in [-0.15, -0.1) is 0 Å². The van der Waals surface area contributed by atoms with E-state index in [-0.39, 0.29) is 24.3 Å². The van der Waals surface area contributed by atoms with Gasteiger partial charge in [0.1, 0.15) is 35.4 Å². The molecular weight excluding hydrogens is 751 g/mol. The second kappa shape index (κ2) is 17.1. The molecule has 5 aliphatic rings. The summed E-state index contributed by atoms with van der Waals surface area (Å²) in [4.78, 5) is 55.7. The van der Waals surface area contributed by atoms with E-state index in [1.807, 2.05) is 30.3 Å². The Hall–Kier alpha value is -5.28. The third kappa shape index (κ3) is 8.19. The molecule has 4 fully saturated rings. The summed E-state index contributed by atoms with van der Waals surface area (Å²) < 4.78 is 18.6. The topological polar surface area (TPSA) is 158 Å². The Morgan fingerprint density at radius 1 is 0.881 bits per heavy atom. The van der Waals surface area contributed by atoms with Gasteiger partial charge in [0, 0.05) is 74.8 Å². The van der Waals surface area contributed by atoms with Gasteiger partial charge in [0.2, 0.25) is 11.8 Å². The van der Waals surface area contributed by atoms with Crippen molar-refractivity contribution in [1.82, 2.24) is 35.3 Å². The number of amides is 3. The van der Waals surface area contributed by atoms with E-state index in [0.717, 1.165) is 129 Å². The minimum Gasteiger partial charge on any atom is -0.494 e. The number of benzene rings is 2. The molecule has 2 N–H and O–H groups in total. The second-order valence-corrected chi connectivity index (χ2v) is 16.7. The van der Waals surface area contributed by atoms with Crippen molar-refractivity contribution in [3.05, 3.63) is 53.9 Å². The van der Waals surface area contributed by atoms with Gasteiger partial charge >= 0.3 is 0 Å². The third-order valence-electron chi connectivity index (χ3n) is 12.9. The first-order chi connectivity index (χ1) is 28.8. The van der Waals surface area contributed by atoms with E-state index in [1.54, 1.807) is 18.3 Å². The number of aromatic amines is 1. The second-order valence-electron chi connectivity index (χ2n) is 16.7. The number of aromatic nitrogens is 4. The molecule has 4 aliphatic heterocycles. The zero-order chi connectivity index (χ0) is 40.5. The highest BCUT2D eigenvalue weighted by molar-refractivity contribution is 6.06. The number of imide groups is 1. The van der Waals surface area contributed by atoms with E-state index in [0.29, 0.717) is 42.9 Å². The summed E-state index contributed by atoms with van der Waals surface area (Å²) in [5.74, 6) is 2.23. The zero-order valence-corrected chi connectivity index (χ0v) is 34.2. The quantitative estimate of drug-likeness (QED) is 0.131. The number of piperidine rings is 2. The first kappa shape index (κ1) is 39.2. The maximum absolute atomic E-state index is 13.3. The number of hydrogen-bond donors (Lipinski definition) is 2. The molecule has 59 heavy (non-hydrogen) atoms. The first-order valence-electron chi connectivity index (χ1n) is 21.5. The number of nitrogens with zero attached hydrogens (tertiary/aromatic N) is 7. The number of H-pyrrole nitrogens is 1. The third-order valence-corrected chi connectivity index (χ3v) is 12.9. The van der Waals surface area contributed by atoms with Gasteiger partial charge < -0.3 is 28.9 Å². The number of ether oxygens (including phenoxy) is 3. The van der Waals surface area contributed by atoms with Crippen LogP contribution in [0.15, 0.2) is 42.7 Å². The molecule has 2 aromatic heterocycles. The molecule has 15 nitrogen and oxygen atoms in total. The Labute approximate surface area is 344 Å². The van der Waals surface area contributed by atoms with E-state index >= 15 is 0 Å². The molecule has 9 rings (SSSR count). The number of piperazine rings is 1. The van der Waals surface area contributed by atoms with Crippen LogP contribution in [-0.2, 0) is 20.9 Å². The Morgan fingerprint density at radius 3 is 2.49 bits per heavy atom. The number of fused-ring (bicyclic) bond motifs is 2. The number of methoxy groups -OCH3 is 1. The average molecular weight is 806 g/mol. The van der Waals surface area contributed by atoms with Crippen LogP contribution < -0.4 is 24.6 Å². The number of carbonyl (C=O) groups is 3. The highest BCUT2D eigenvalue weighted by Gasteiger charge is 2.41. The van der Waals surface area contributed by atoms with E-state index in [1.165, 1.54) is 6.42 Å². The maximum atomic E-state index is 13.3. The van der Waals surface area contributed by atoms with Gasteiger partial charge in [0.05, 0.1) is 49.4 Å². The summed E-state index contributed by atoms with van der Waals surface area (Å²) in [6.45, 7) is 9.71. The van der Waals surface area contributed by atoms with Crippen LogP contribution in [0.4, 0.5) is 11.5 Å². The van der Waals surface area contributed by atoms with Crippen LogP contribution >= 0.6 is 0 Å². The van der Waals surface area contributed by atoms with Crippen LogP contribution in [0.3, 0.4) is 0 Å².